The van der Waals surface area contributed by atoms with Crippen LogP contribution in [0.1, 0.15) is 66.7 Å². The first-order chi connectivity index (χ1) is 9.63. The van der Waals surface area contributed by atoms with Crippen LogP contribution in [0, 0.1) is 13.8 Å². The van der Waals surface area contributed by atoms with Gasteiger partial charge in [0.25, 0.3) is 0 Å². The lowest BCUT2D eigenvalue weighted by molar-refractivity contribution is -0.0690. The van der Waals surface area contributed by atoms with Gasteiger partial charge in [0.2, 0.25) is 0 Å². The average molecular weight is 276 g/mol. The summed E-state index contributed by atoms with van der Waals surface area (Å²) in [5, 5.41) is 4.48. The van der Waals surface area contributed by atoms with Crippen molar-refractivity contribution >= 4 is 6.29 Å². The molecule has 1 aromatic heterocycles. The van der Waals surface area contributed by atoms with Crippen LogP contribution >= 0.6 is 0 Å². The van der Waals surface area contributed by atoms with E-state index in [2.05, 4.69) is 5.10 Å². The van der Waals surface area contributed by atoms with E-state index < -0.39 is 0 Å². The van der Waals surface area contributed by atoms with Gasteiger partial charge in [-0.2, -0.15) is 5.10 Å². The van der Waals surface area contributed by atoms with Gasteiger partial charge in [-0.1, -0.05) is 19.3 Å². The summed E-state index contributed by atoms with van der Waals surface area (Å²) in [4.78, 5) is 11.1. The molecule has 4 nitrogen and oxygen atoms in total. The number of rotatable bonds is 3. The highest BCUT2D eigenvalue weighted by molar-refractivity contribution is 5.78. The molecule has 0 amide bonds. The smallest absolute Gasteiger partial charge is 0.153 e. The predicted octanol–water partition coefficient (Wildman–Crippen LogP) is 3.19. The van der Waals surface area contributed by atoms with Crippen molar-refractivity contribution in [2.45, 2.75) is 77.0 Å². The Bertz CT molecular complexity index is 501. The zero-order valence-electron chi connectivity index (χ0n) is 12.5. The summed E-state index contributed by atoms with van der Waals surface area (Å²) in [6.45, 7) is 4.64. The molecule has 0 aromatic carbocycles. The molecule has 1 unspecified atom stereocenters. The monoisotopic (exact) mass is 276 g/mol. The van der Waals surface area contributed by atoms with Crippen LogP contribution in [0.4, 0.5) is 0 Å². The largest absolute Gasteiger partial charge is 0.370 e. The summed E-state index contributed by atoms with van der Waals surface area (Å²) >= 11 is 0. The molecule has 1 aliphatic carbocycles. The maximum atomic E-state index is 11.1. The summed E-state index contributed by atoms with van der Waals surface area (Å²) in [6.07, 6.45) is 9.89. The van der Waals surface area contributed by atoms with E-state index in [-0.39, 0.29) is 11.7 Å². The van der Waals surface area contributed by atoms with Gasteiger partial charge in [0.05, 0.1) is 29.5 Å². The van der Waals surface area contributed by atoms with Crippen LogP contribution in [-0.4, -0.2) is 27.8 Å². The van der Waals surface area contributed by atoms with E-state index in [1.807, 2.05) is 18.5 Å². The molecule has 1 atom stereocenters. The van der Waals surface area contributed by atoms with Gasteiger partial charge in [-0.25, -0.2) is 0 Å². The molecule has 0 bridgehead atoms. The normalized spacial score (nSPS) is 25.2. The molecule has 1 aliphatic heterocycles. The van der Waals surface area contributed by atoms with E-state index in [1.165, 1.54) is 38.5 Å². The zero-order chi connectivity index (χ0) is 14.2. The Morgan fingerprint density at radius 2 is 2.05 bits per heavy atom. The molecule has 1 spiro atoms. The highest BCUT2D eigenvalue weighted by atomic mass is 16.5. The molecular weight excluding hydrogens is 252 g/mol. The standard InChI is InChI=1S/C16H24N2O2/c1-12-15(11-19)13(2)18(17-12)10-14-6-9-16(20-14)7-4-3-5-8-16/h11,14H,3-10H2,1-2H3. The Balaban J connectivity index is 1.69. The summed E-state index contributed by atoms with van der Waals surface area (Å²) < 4.78 is 8.33. The first kappa shape index (κ1) is 13.8. The first-order valence-corrected chi connectivity index (χ1v) is 7.80. The lowest BCUT2D eigenvalue weighted by Gasteiger charge is -2.33. The van der Waals surface area contributed by atoms with Crippen LogP contribution < -0.4 is 0 Å². The van der Waals surface area contributed by atoms with Crippen molar-refractivity contribution in [1.29, 1.82) is 0 Å². The fourth-order valence-corrected chi connectivity index (χ4v) is 3.84. The number of aryl methyl sites for hydroxylation is 1. The van der Waals surface area contributed by atoms with Crippen LogP contribution in [-0.2, 0) is 11.3 Å². The molecule has 110 valence electrons. The second-order valence-electron chi connectivity index (χ2n) is 6.41. The molecule has 3 rings (SSSR count). The minimum Gasteiger partial charge on any atom is -0.370 e. The SMILES string of the molecule is Cc1nn(CC2CCC3(CCCCC3)O2)c(C)c1C=O. The van der Waals surface area contributed by atoms with Crippen molar-refractivity contribution in [3.05, 3.63) is 17.0 Å². The van der Waals surface area contributed by atoms with Crippen LogP contribution in [0.5, 0.6) is 0 Å². The van der Waals surface area contributed by atoms with Gasteiger partial charge in [-0.15, -0.1) is 0 Å². The number of carbonyl (C=O) groups is 1. The molecule has 0 N–H and O–H groups in total. The first-order valence-electron chi connectivity index (χ1n) is 7.80. The molecule has 0 radical (unpaired) electrons. The molecule has 1 saturated heterocycles. The van der Waals surface area contributed by atoms with Crippen LogP contribution in [0.25, 0.3) is 0 Å². The van der Waals surface area contributed by atoms with Gasteiger partial charge in [0, 0.05) is 5.69 Å². The molecule has 20 heavy (non-hydrogen) atoms. The Labute approximate surface area is 120 Å². The minimum absolute atomic E-state index is 0.159. The van der Waals surface area contributed by atoms with Crippen LogP contribution in [0.2, 0.25) is 0 Å². The predicted molar refractivity (Wildman–Crippen MR) is 77.0 cm³/mol. The molecule has 1 aromatic rings. The number of carbonyl (C=O) groups excluding carboxylic acids is 1. The maximum absolute atomic E-state index is 11.1. The van der Waals surface area contributed by atoms with E-state index >= 15 is 0 Å². The zero-order valence-corrected chi connectivity index (χ0v) is 12.5. The lowest BCUT2D eigenvalue weighted by atomic mass is 9.83. The van der Waals surface area contributed by atoms with E-state index in [4.69, 9.17) is 4.74 Å². The summed E-state index contributed by atoms with van der Waals surface area (Å²) in [5.41, 5.74) is 2.68. The lowest BCUT2D eigenvalue weighted by Crippen LogP contribution is -2.32. The van der Waals surface area contributed by atoms with E-state index in [9.17, 15) is 4.79 Å². The number of aromatic nitrogens is 2. The molecular formula is C16H24N2O2. The van der Waals surface area contributed by atoms with Crippen molar-refractivity contribution < 1.29 is 9.53 Å². The Kier molecular flexibility index (Phi) is 3.67. The number of ether oxygens (including phenoxy) is 1. The van der Waals surface area contributed by atoms with Crippen LogP contribution in [0.15, 0.2) is 0 Å². The van der Waals surface area contributed by atoms with Gasteiger partial charge >= 0.3 is 0 Å². The Morgan fingerprint density at radius 1 is 1.30 bits per heavy atom. The van der Waals surface area contributed by atoms with Gasteiger partial charge < -0.3 is 4.74 Å². The van der Waals surface area contributed by atoms with Crippen molar-refractivity contribution in [2.24, 2.45) is 0 Å². The second kappa shape index (κ2) is 5.32. The number of hydrogen-bond donors (Lipinski definition) is 0. The third kappa shape index (κ3) is 2.41. The van der Waals surface area contributed by atoms with Gasteiger partial charge in [-0.3, -0.25) is 9.48 Å². The third-order valence-corrected chi connectivity index (χ3v) is 5.04. The number of aldehydes is 1. The second-order valence-corrected chi connectivity index (χ2v) is 6.41. The minimum atomic E-state index is 0.159. The highest BCUT2D eigenvalue weighted by Gasteiger charge is 2.40. The summed E-state index contributed by atoms with van der Waals surface area (Å²) in [5.74, 6) is 0. The maximum Gasteiger partial charge on any atom is 0.153 e. The molecule has 4 heteroatoms. The van der Waals surface area contributed by atoms with E-state index in [0.717, 1.165) is 36.2 Å². The van der Waals surface area contributed by atoms with Gasteiger partial charge in [-0.05, 0) is 39.5 Å². The Morgan fingerprint density at radius 3 is 2.70 bits per heavy atom. The molecule has 1 saturated carbocycles. The van der Waals surface area contributed by atoms with Gasteiger partial charge in [0.15, 0.2) is 6.29 Å². The molecule has 2 fully saturated rings. The highest BCUT2D eigenvalue weighted by Crippen LogP contribution is 2.42. The van der Waals surface area contributed by atoms with Gasteiger partial charge in [0.1, 0.15) is 0 Å². The quantitative estimate of drug-likeness (QED) is 0.796. The molecule has 2 heterocycles. The molecule has 2 aliphatic rings. The summed E-state index contributed by atoms with van der Waals surface area (Å²) in [7, 11) is 0. The number of nitrogens with zero attached hydrogens (tertiary/aromatic N) is 2. The van der Waals surface area contributed by atoms with Crippen LogP contribution in [0.3, 0.4) is 0 Å². The fraction of sp³-hybridized carbons (Fsp3) is 0.750. The topological polar surface area (TPSA) is 44.1 Å². The van der Waals surface area contributed by atoms with Crippen molar-refractivity contribution in [2.75, 3.05) is 0 Å². The summed E-state index contributed by atoms with van der Waals surface area (Å²) in [6, 6.07) is 0. The average Bonchev–Trinajstić information content (AvgIpc) is 2.93. The fourth-order valence-electron chi connectivity index (χ4n) is 3.84. The van der Waals surface area contributed by atoms with Crippen molar-refractivity contribution in [1.82, 2.24) is 9.78 Å². The third-order valence-electron chi connectivity index (χ3n) is 5.04. The Hall–Kier alpha value is -1.16. The van der Waals surface area contributed by atoms with Crippen molar-refractivity contribution in [3.8, 4) is 0 Å². The van der Waals surface area contributed by atoms with E-state index in [1.54, 1.807) is 0 Å². The van der Waals surface area contributed by atoms with Crippen molar-refractivity contribution in [3.63, 3.8) is 0 Å². The van der Waals surface area contributed by atoms with E-state index in [0.29, 0.717) is 0 Å². The number of hydrogen-bond acceptors (Lipinski definition) is 3.